The number of nitrogens with two attached hydrogens (primary N) is 1. The third-order valence-corrected chi connectivity index (χ3v) is 13.1. The summed E-state index contributed by atoms with van der Waals surface area (Å²) < 4.78 is 50.8. The first-order valence-electron chi connectivity index (χ1n) is 18.6. The molecule has 14 heteroatoms. The zero-order chi connectivity index (χ0) is 37.2. The molecule has 53 heavy (non-hydrogen) atoms. The number of rotatable bonds is 6. The van der Waals surface area contributed by atoms with Gasteiger partial charge in [-0.3, -0.25) is 4.90 Å². The Morgan fingerprint density at radius 3 is 2.72 bits per heavy atom. The van der Waals surface area contributed by atoms with Crippen molar-refractivity contribution in [3.05, 3.63) is 40.4 Å². The van der Waals surface area contributed by atoms with Crippen LogP contribution in [0.4, 0.5) is 19.6 Å². The van der Waals surface area contributed by atoms with Crippen LogP contribution in [0.5, 0.6) is 6.01 Å². The Morgan fingerprint density at radius 1 is 1.17 bits per heavy atom. The van der Waals surface area contributed by atoms with E-state index in [1.54, 1.807) is 13.0 Å². The maximum absolute atomic E-state index is 17.2. The molecule has 4 fully saturated rings. The number of fused-ring (bicyclic) bond motifs is 3. The summed E-state index contributed by atoms with van der Waals surface area (Å²) in [6, 6.07) is 7.11. The average Bonchev–Trinajstić information content (AvgIpc) is 3.64. The van der Waals surface area contributed by atoms with Gasteiger partial charge in [0.05, 0.1) is 53.9 Å². The van der Waals surface area contributed by atoms with E-state index in [1.165, 1.54) is 12.1 Å². The molecule has 1 saturated carbocycles. The second kappa shape index (κ2) is 14.0. The molecule has 4 aliphatic rings. The number of hydrogen-bond donors (Lipinski definition) is 2. The van der Waals surface area contributed by atoms with E-state index in [9.17, 15) is 10.4 Å². The van der Waals surface area contributed by atoms with Crippen LogP contribution in [-0.4, -0.2) is 89.3 Å². The molecular weight excluding hydrogens is 722 g/mol. The number of nitriles is 1. The van der Waals surface area contributed by atoms with Crippen LogP contribution < -0.4 is 15.4 Å². The van der Waals surface area contributed by atoms with Crippen molar-refractivity contribution >= 4 is 54.7 Å². The minimum Gasteiger partial charge on any atom is -0.463 e. The van der Waals surface area contributed by atoms with Crippen molar-refractivity contribution in [2.24, 2.45) is 5.41 Å². The summed E-state index contributed by atoms with van der Waals surface area (Å²) >= 11 is 7.84. The van der Waals surface area contributed by atoms with Gasteiger partial charge in [0.25, 0.3) is 0 Å². The van der Waals surface area contributed by atoms with Gasteiger partial charge in [-0.2, -0.15) is 15.2 Å². The topological polar surface area (TPSA) is 130 Å². The van der Waals surface area contributed by atoms with E-state index in [2.05, 4.69) is 24.8 Å². The molecule has 0 bridgehead atoms. The highest BCUT2D eigenvalue weighted by atomic mass is 35.5. The Kier molecular flexibility index (Phi) is 9.69. The van der Waals surface area contributed by atoms with Crippen molar-refractivity contribution in [3.63, 3.8) is 0 Å². The predicted molar refractivity (Wildman–Crippen MR) is 203 cm³/mol. The van der Waals surface area contributed by atoms with Crippen LogP contribution >= 0.6 is 22.9 Å². The van der Waals surface area contributed by atoms with Crippen molar-refractivity contribution in [2.45, 2.75) is 95.6 Å². The van der Waals surface area contributed by atoms with Crippen LogP contribution in [0.15, 0.2) is 18.2 Å². The number of halogens is 3. The normalized spacial score (nSPS) is 29.7. The van der Waals surface area contributed by atoms with E-state index in [4.69, 9.17) is 41.5 Å². The summed E-state index contributed by atoms with van der Waals surface area (Å²) in [6.07, 6.45) is 7.76. The number of β-amino-alcohol motifs (C(OH)–C–C–N with tert-alkyl or cyclic N) is 1. The van der Waals surface area contributed by atoms with Crippen LogP contribution in [-0.2, 0) is 9.47 Å². The number of nitrogen functional groups attached to an aromatic ring is 1. The van der Waals surface area contributed by atoms with E-state index in [0.717, 1.165) is 62.8 Å². The van der Waals surface area contributed by atoms with Gasteiger partial charge in [0.1, 0.15) is 33.8 Å². The van der Waals surface area contributed by atoms with Crippen molar-refractivity contribution in [1.82, 2.24) is 14.9 Å². The highest BCUT2D eigenvalue weighted by Gasteiger charge is 2.51. The number of nitrogens with zero attached hydrogens (tertiary/aromatic N) is 5. The number of thiophene rings is 1. The average molecular weight is 767 g/mol. The number of piperidine rings is 1. The maximum atomic E-state index is 17.2. The van der Waals surface area contributed by atoms with Crippen molar-refractivity contribution < 1.29 is 28.1 Å². The Balaban J connectivity index is 1.22. The molecule has 5 heterocycles. The Bertz CT molecular complexity index is 2100. The highest BCUT2D eigenvalue weighted by molar-refractivity contribution is 7.23. The van der Waals surface area contributed by atoms with Gasteiger partial charge in [0.2, 0.25) is 0 Å². The summed E-state index contributed by atoms with van der Waals surface area (Å²) in [5, 5.41) is 21.8. The molecule has 5 unspecified atom stereocenters. The van der Waals surface area contributed by atoms with Gasteiger partial charge < -0.3 is 30.0 Å². The van der Waals surface area contributed by atoms with Crippen molar-refractivity contribution in [2.75, 3.05) is 50.1 Å². The van der Waals surface area contributed by atoms with Gasteiger partial charge in [-0.15, -0.1) is 11.3 Å². The number of hydrogen-bond acceptors (Lipinski definition) is 11. The standard InChI is InChI=1S/C39H45ClF2N6O4S/c1-21-14-23(15-22(2)52-21)48-11-5-10-39(9-4-6-29(39)48)20-51-37-45-33-25(36(46-37)47-12-13-50-19-38(3,49)18-47)16-27(40)31(32(33)42)24-7-8-28(41)34-30(24)26(17-43)35(44)53-34/h7-8,16,21-23,29,49H,4-6,9-15,18-20,44H2,1-3H3. The zero-order valence-electron chi connectivity index (χ0n) is 30.3. The molecule has 3 N–H and O–H groups in total. The maximum Gasteiger partial charge on any atom is 0.319 e. The van der Waals surface area contributed by atoms with Gasteiger partial charge >= 0.3 is 6.01 Å². The number of anilines is 2. The lowest BCUT2D eigenvalue weighted by atomic mass is 9.74. The molecule has 2 aromatic carbocycles. The van der Waals surface area contributed by atoms with E-state index < -0.39 is 17.2 Å². The predicted octanol–water partition coefficient (Wildman–Crippen LogP) is 7.45. The highest BCUT2D eigenvalue weighted by Crippen LogP contribution is 2.50. The first-order chi connectivity index (χ1) is 25.4. The lowest BCUT2D eigenvalue weighted by Crippen LogP contribution is -2.57. The van der Waals surface area contributed by atoms with Crippen molar-refractivity contribution in [1.29, 1.82) is 5.26 Å². The van der Waals surface area contributed by atoms with Gasteiger partial charge in [-0.05, 0) is 83.5 Å². The minimum atomic E-state index is -1.20. The molecule has 1 aliphatic carbocycles. The number of aromatic nitrogens is 2. The van der Waals surface area contributed by atoms with Gasteiger partial charge in [-0.1, -0.05) is 24.1 Å². The molecule has 3 saturated heterocycles. The van der Waals surface area contributed by atoms with E-state index in [-0.39, 0.29) is 79.1 Å². The fourth-order valence-electron chi connectivity index (χ4n) is 9.63. The van der Waals surface area contributed by atoms with Crippen LogP contribution in [0.1, 0.15) is 71.3 Å². The fourth-order valence-corrected chi connectivity index (χ4v) is 10.9. The minimum absolute atomic E-state index is 0.0247. The summed E-state index contributed by atoms with van der Waals surface area (Å²) in [4.78, 5) is 14.2. The fraction of sp³-hybridized carbons (Fsp3) is 0.564. The van der Waals surface area contributed by atoms with Crippen LogP contribution in [0.2, 0.25) is 5.02 Å². The third kappa shape index (κ3) is 6.59. The molecule has 8 rings (SSSR count). The van der Waals surface area contributed by atoms with Crippen LogP contribution in [0.3, 0.4) is 0 Å². The molecule has 0 radical (unpaired) electrons. The summed E-state index contributed by atoms with van der Waals surface area (Å²) in [7, 11) is 0. The molecular formula is C39H45ClF2N6O4S. The molecule has 0 amide bonds. The molecule has 10 nitrogen and oxygen atoms in total. The Hall–Kier alpha value is -3.38. The van der Waals surface area contributed by atoms with Gasteiger partial charge in [0.15, 0.2) is 5.82 Å². The molecule has 282 valence electrons. The molecule has 2 aromatic heterocycles. The number of benzene rings is 2. The number of likely N-dealkylation sites (tertiary alicyclic amines) is 1. The SMILES string of the molecule is CC1CC(N2CCCC3(COc4nc(N5CCOCC(C)(O)C5)c5cc(Cl)c(-c6ccc(F)c7sc(N)c(C#N)c67)c(F)c5n4)CCCC23)CC(C)O1. The first-order valence-corrected chi connectivity index (χ1v) is 19.8. The molecule has 0 spiro atoms. The largest absolute Gasteiger partial charge is 0.463 e. The van der Waals surface area contributed by atoms with E-state index in [0.29, 0.717) is 43.0 Å². The monoisotopic (exact) mass is 766 g/mol. The van der Waals surface area contributed by atoms with E-state index >= 15 is 8.78 Å². The summed E-state index contributed by atoms with van der Waals surface area (Å²) in [5.74, 6) is -0.966. The molecule has 5 atom stereocenters. The second-order valence-electron chi connectivity index (χ2n) is 15.8. The van der Waals surface area contributed by atoms with E-state index in [1.807, 2.05) is 4.90 Å². The Morgan fingerprint density at radius 2 is 1.94 bits per heavy atom. The zero-order valence-corrected chi connectivity index (χ0v) is 31.8. The first kappa shape index (κ1) is 36.6. The van der Waals surface area contributed by atoms with Crippen LogP contribution in [0, 0.1) is 28.4 Å². The molecule has 3 aliphatic heterocycles. The molecule has 4 aromatic rings. The smallest absolute Gasteiger partial charge is 0.319 e. The lowest BCUT2D eigenvalue weighted by molar-refractivity contribution is -0.0967. The quantitative estimate of drug-likeness (QED) is 0.204. The lowest BCUT2D eigenvalue weighted by Gasteiger charge is -2.51. The Labute approximate surface area is 316 Å². The van der Waals surface area contributed by atoms with Crippen molar-refractivity contribution in [3.8, 4) is 23.2 Å². The number of ether oxygens (including phenoxy) is 3. The summed E-state index contributed by atoms with van der Waals surface area (Å²) in [6.45, 7) is 8.45. The number of aliphatic hydroxyl groups is 1. The van der Waals surface area contributed by atoms with Crippen LogP contribution in [0.25, 0.3) is 32.1 Å². The van der Waals surface area contributed by atoms with Gasteiger partial charge in [0, 0.05) is 40.4 Å². The second-order valence-corrected chi connectivity index (χ2v) is 17.2. The third-order valence-electron chi connectivity index (χ3n) is 11.8. The van der Waals surface area contributed by atoms with Gasteiger partial charge in [-0.25, -0.2) is 8.78 Å². The summed E-state index contributed by atoms with van der Waals surface area (Å²) in [5.41, 5.74) is 5.04.